The first-order chi connectivity index (χ1) is 6.17. The van der Waals surface area contributed by atoms with Crippen LogP contribution in [0.15, 0.2) is 6.07 Å². The smallest absolute Gasteiger partial charge is 0.162 e. The molecule has 13 heavy (non-hydrogen) atoms. The Bertz CT molecular complexity index is 321. The van der Waals surface area contributed by atoms with Crippen molar-refractivity contribution in [3.05, 3.63) is 17.5 Å². The van der Waals surface area contributed by atoms with Crippen LogP contribution in [0.5, 0.6) is 0 Å². The number of nitriles is 1. The molecule has 0 saturated heterocycles. The van der Waals surface area contributed by atoms with Crippen LogP contribution in [-0.2, 0) is 13.6 Å². The Morgan fingerprint density at radius 1 is 1.69 bits per heavy atom. The number of aromatic nitrogens is 2. The molecule has 0 amide bonds. The van der Waals surface area contributed by atoms with Crippen LogP contribution in [0.4, 0.5) is 0 Å². The summed E-state index contributed by atoms with van der Waals surface area (Å²) >= 11 is 0. The van der Waals surface area contributed by atoms with E-state index in [-0.39, 0.29) is 0 Å². The molecule has 1 rings (SSSR count). The quantitative estimate of drug-likeness (QED) is 0.686. The van der Waals surface area contributed by atoms with E-state index in [4.69, 9.17) is 5.26 Å². The van der Waals surface area contributed by atoms with E-state index in [0.717, 1.165) is 18.8 Å². The number of nitrogens with zero attached hydrogens (tertiary/aromatic N) is 4. The molecule has 0 fully saturated rings. The average molecular weight is 178 g/mol. The Morgan fingerprint density at radius 3 is 2.85 bits per heavy atom. The van der Waals surface area contributed by atoms with E-state index in [1.165, 1.54) is 0 Å². The molecule has 0 saturated carbocycles. The Hall–Kier alpha value is -1.34. The maximum absolute atomic E-state index is 8.63. The normalized spacial score (nSPS) is 10.4. The second-order valence-corrected chi connectivity index (χ2v) is 3.09. The molecule has 0 atom stereocenters. The Kier molecular flexibility index (Phi) is 3.04. The lowest BCUT2D eigenvalue weighted by molar-refractivity contribution is 0.335. The Labute approximate surface area is 78.4 Å². The van der Waals surface area contributed by atoms with Crippen molar-refractivity contribution in [2.24, 2.45) is 7.05 Å². The maximum Gasteiger partial charge on any atom is 0.162 e. The fraction of sp³-hybridized carbons (Fsp3) is 0.556. The summed E-state index contributed by atoms with van der Waals surface area (Å²) in [4.78, 5) is 2.16. The SMILES string of the molecule is CCN(C)Cc1cc(C#N)nn1C. The molecule has 0 spiro atoms. The van der Waals surface area contributed by atoms with Crippen LogP contribution < -0.4 is 0 Å². The van der Waals surface area contributed by atoms with Gasteiger partial charge in [0.2, 0.25) is 0 Å². The minimum Gasteiger partial charge on any atom is -0.301 e. The van der Waals surface area contributed by atoms with Gasteiger partial charge in [0, 0.05) is 13.6 Å². The first-order valence-electron chi connectivity index (χ1n) is 4.29. The van der Waals surface area contributed by atoms with Crippen molar-refractivity contribution in [3.8, 4) is 6.07 Å². The van der Waals surface area contributed by atoms with Gasteiger partial charge in [-0.05, 0) is 19.7 Å². The molecule has 0 bridgehead atoms. The number of hydrogen-bond acceptors (Lipinski definition) is 3. The standard InChI is InChI=1S/C9H14N4/c1-4-12(2)7-9-5-8(6-10)11-13(9)3/h5H,4,7H2,1-3H3. The molecule has 4 heteroatoms. The van der Waals surface area contributed by atoms with Crippen molar-refractivity contribution in [1.29, 1.82) is 5.26 Å². The molecule has 70 valence electrons. The zero-order valence-electron chi connectivity index (χ0n) is 8.28. The molecule has 1 aromatic rings. The fourth-order valence-corrected chi connectivity index (χ4v) is 1.10. The predicted octanol–water partition coefficient (Wildman–Crippen LogP) is 0.743. The van der Waals surface area contributed by atoms with E-state index in [0.29, 0.717) is 5.69 Å². The van der Waals surface area contributed by atoms with Gasteiger partial charge in [0.25, 0.3) is 0 Å². The number of aryl methyl sites for hydroxylation is 1. The summed E-state index contributed by atoms with van der Waals surface area (Å²) in [6.45, 7) is 3.93. The number of hydrogen-bond donors (Lipinski definition) is 0. The van der Waals surface area contributed by atoms with Crippen LogP contribution >= 0.6 is 0 Å². The highest BCUT2D eigenvalue weighted by Crippen LogP contribution is 2.04. The summed E-state index contributed by atoms with van der Waals surface area (Å²) in [5.41, 5.74) is 1.56. The number of rotatable bonds is 3. The largest absolute Gasteiger partial charge is 0.301 e. The van der Waals surface area contributed by atoms with Gasteiger partial charge in [-0.2, -0.15) is 10.4 Å². The zero-order valence-corrected chi connectivity index (χ0v) is 8.28. The van der Waals surface area contributed by atoms with Crippen molar-refractivity contribution >= 4 is 0 Å². The fourth-order valence-electron chi connectivity index (χ4n) is 1.10. The third-order valence-corrected chi connectivity index (χ3v) is 2.06. The van der Waals surface area contributed by atoms with Gasteiger partial charge in [0.1, 0.15) is 6.07 Å². The zero-order chi connectivity index (χ0) is 9.84. The van der Waals surface area contributed by atoms with Crippen LogP contribution in [0, 0.1) is 11.3 Å². The highest BCUT2D eigenvalue weighted by Gasteiger charge is 2.05. The topological polar surface area (TPSA) is 44.9 Å². The van der Waals surface area contributed by atoms with E-state index < -0.39 is 0 Å². The van der Waals surface area contributed by atoms with E-state index in [2.05, 4.69) is 16.9 Å². The lowest BCUT2D eigenvalue weighted by Crippen LogP contribution is -2.18. The van der Waals surface area contributed by atoms with Gasteiger partial charge in [-0.1, -0.05) is 6.92 Å². The summed E-state index contributed by atoms with van der Waals surface area (Å²) in [7, 11) is 3.90. The molecule has 0 unspecified atom stereocenters. The highest BCUT2D eigenvalue weighted by atomic mass is 15.3. The van der Waals surface area contributed by atoms with Gasteiger partial charge in [-0.15, -0.1) is 0 Å². The lowest BCUT2D eigenvalue weighted by atomic mass is 10.3. The molecule has 0 aromatic carbocycles. The van der Waals surface area contributed by atoms with Crippen LogP contribution in [-0.4, -0.2) is 28.3 Å². The van der Waals surface area contributed by atoms with Crippen molar-refractivity contribution in [2.45, 2.75) is 13.5 Å². The monoisotopic (exact) mass is 178 g/mol. The van der Waals surface area contributed by atoms with Crippen molar-refractivity contribution in [2.75, 3.05) is 13.6 Å². The first kappa shape index (κ1) is 9.75. The highest BCUT2D eigenvalue weighted by molar-refractivity contribution is 5.22. The molecule has 1 aromatic heterocycles. The van der Waals surface area contributed by atoms with Crippen LogP contribution in [0.3, 0.4) is 0 Å². The Balaban J connectivity index is 2.78. The molecular formula is C9H14N4. The van der Waals surface area contributed by atoms with Gasteiger partial charge < -0.3 is 4.90 Å². The van der Waals surface area contributed by atoms with E-state index >= 15 is 0 Å². The molecule has 0 aliphatic heterocycles. The average Bonchev–Trinajstić information content (AvgIpc) is 2.47. The molecule has 0 N–H and O–H groups in total. The minimum atomic E-state index is 0.488. The maximum atomic E-state index is 8.63. The summed E-state index contributed by atoms with van der Waals surface area (Å²) in [6.07, 6.45) is 0. The van der Waals surface area contributed by atoms with E-state index in [1.807, 2.05) is 26.2 Å². The molecule has 0 aliphatic rings. The van der Waals surface area contributed by atoms with Gasteiger partial charge in [0.05, 0.1) is 5.69 Å². The van der Waals surface area contributed by atoms with E-state index in [9.17, 15) is 0 Å². The molecule has 1 heterocycles. The third kappa shape index (κ3) is 2.30. The summed E-state index contributed by atoms with van der Waals surface area (Å²) in [5, 5.41) is 12.7. The van der Waals surface area contributed by atoms with Gasteiger partial charge >= 0.3 is 0 Å². The van der Waals surface area contributed by atoms with Crippen molar-refractivity contribution in [1.82, 2.24) is 14.7 Å². The van der Waals surface area contributed by atoms with Crippen LogP contribution in [0.2, 0.25) is 0 Å². The predicted molar refractivity (Wildman–Crippen MR) is 49.9 cm³/mol. The van der Waals surface area contributed by atoms with Crippen LogP contribution in [0.25, 0.3) is 0 Å². The van der Waals surface area contributed by atoms with Gasteiger partial charge in [0.15, 0.2) is 5.69 Å². The summed E-state index contributed by atoms with van der Waals surface area (Å²) in [5.74, 6) is 0. The summed E-state index contributed by atoms with van der Waals surface area (Å²) in [6, 6.07) is 3.85. The minimum absolute atomic E-state index is 0.488. The van der Waals surface area contributed by atoms with Crippen molar-refractivity contribution < 1.29 is 0 Å². The summed E-state index contributed by atoms with van der Waals surface area (Å²) < 4.78 is 1.75. The molecule has 0 radical (unpaired) electrons. The molecule has 4 nitrogen and oxygen atoms in total. The lowest BCUT2D eigenvalue weighted by Gasteiger charge is -2.12. The second-order valence-electron chi connectivity index (χ2n) is 3.09. The molecular weight excluding hydrogens is 164 g/mol. The van der Waals surface area contributed by atoms with Crippen LogP contribution in [0.1, 0.15) is 18.3 Å². The second kappa shape index (κ2) is 4.06. The van der Waals surface area contributed by atoms with E-state index in [1.54, 1.807) is 4.68 Å². The van der Waals surface area contributed by atoms with Crippen molar-refractivity contribution in [3.63, 3.8) is 0 Å². The van der Waals surface area contributed by atoms with Gasteiger partial charge in [-0.3, -0.25) is 4.68 Å². The first-order valence-corrected chi connectivity index (χ1v) is 4.29. The van der Waals surface area contributed by atoms with Gasteiger partial charge in [-0.25, -0.2) is 0 Å². The Morgan fingerprint density at radius 2 is 2.38 bits per heavy atom. The molecule has 0 aliphatic carbocycles. The third-order valence-electron chi connectivity index (χ3n) is 2.06.